The molecule has 17 heavy (non-hydrogen) atoms. The minimum absolute atomic E-state index is 0.481. The summed E-state index contributed by atoms with van der Waals surface area (Å²) in [7, 11) is 1.86. The van der Waals surface area contributed by atoms with Gasteiger partial charge in [-0.05, 0) is 18.4 Å². The first-order valence-corrected chi connectivity index (χ1v) is 5.95. The molecular formula is C12H15ClN4. The molecule has 0 bridgehead atoms. The van der Waals surface area contributed by atoms with E-state index in [0.717, 1.165) is 17.7 Å². The Balaban J connectivity index is 2.37. The number of halogens is 1. The fourth-order valence-corrected chi connectivity index (χ4v) is 1.86. The average Bonchev–Trinajstić information content (AvgIpc) is 2.62. The lowest BCUT2D eigenvalue weighted by Gasteiger charge is -2.06. The Bertz CT molecular complexity index is 519. The first-order chi connectivity index (χ1) is 8.04. The SMILES string of the molecule is CC(C)Cc1cc(Cl)nc(-c2cnn(C)c2)n1. The zero-order valence-electron chi connectivity index (χ0n) is 10.2. The zero-order valence-corrected chi connectivity index (χ0v) is 10.9. The molecule has 0 unspecified atom stereocenters. The standard InChI is InChI=1S/C12H15ClN4/c1-8(2)4-10-5-11(13)16-12(15-10)9-6-14-17(3)7-9/h5-8H,4H2,1-3H3. The zero-order chi connectivity index (χ0) is 12.4. The Labute approximate surface area is 106 Å². The maximum Gasteiger partial charge on any atom is 0.164 e. The number of aromatic nitrogens is 4. The van der Waals surface area contributed by atoms with Gasteiger partial charge in [0.1, 0.15) is 5.15 Å². The van der Waals surface area contributed by atoms with Gasteiger partial charge in [0, 0.05) is 18.9 Å². The molecule has 2 aromatic rings. The Kier molecular flexibility index (Phi) is 3.43. The van der Waals surface area contributed by atoms with E-state index in [2.05, 4.69) is 28.9 Å². The van der Waals surface area contributed by atoms with Gasteiger partial charge in [0.15, 0.2) is 5.82 Å². The third-order valence-corrected chi connectivity index (χ3v) is 2.52. The average molecular weight is 251 g/mol. The summed E-state index contributed by atoms with van der Waals surface area (Å²) in [6.07, 6.45) is 4.52. The Morgan fingerprint density at radius 1 is 1.35 bits per heavy atom. The van der Waals surface area contributed by atoms with Crippen LogP contribution in [0.4, 0.5) is 0 Å². The maximum absolute atomic E-state index is 6.01. The summed E-state index contributed by atoms with van der Waals surface area (Å²) >= 11 is 6.01. The molecule has 0 amide bonds. The topological polar surface area (TPSA) is 43.6 Å². The molecule has 0 aromatic carbocycles. The Morgan fingerprint density at radius 3 is 2.71 bits per heavy atom. The van der Waals surface area contributed by atoms with Crippen molar-refractivity contribution in [2.75, 3.05) is 0 Å². The van der Waals surface area contributed by atoms with Gasteiger partial charge in [-0.15, -0.1) is 0 Å². The quantitative estimate of drug-likeness (QED) is 0.787. The van der Waals surface area contributed by atoms with Gasteiger partial charge in [0.25, 0.3) is 0 Å². The van der Waals surface area contributed by atoms with Crippen molar-refractivity contribution in [3.63, 3.8) is 0 Å². The molecular weight excluding hydrogens is 236 g/mol. The van der Waals surface area contributed by atoms with E-state index in [1.165, 1.54) is 0 Å². The van der Waals surface area contributed by atoms with E-state index in [-0.39, 0.29) is 0 Å². The Morgan fingerprint density at radius 2 is 2.12 bits per heavy atom. The second kappa shape index (κ2) is 4.84. The van der Waals surface area contributed by atoms with Gasteiger partial charge in [-0.2, -0.15) is 5.10 Å². The van der Waals surface area contributed by atoms with Crippen LogP contribution in [0.1, 0.15) is 19.5 Å². The largest absolute Gasteiger partial charge is 0.275 e. The summed E-state index contributed by atoms with van der Waals surface area (Å²) in [4.78, 5) is 8.73. The van der Waals surface area contributed by atoms with Crippen molar-refractivity contribution < 1.29 is 0 Å². The van der Waals surface area contributed by atoms with E-state index in [4.69, 9.17) is 11.6 Å². The normalized spacial score (nSPS) is 11.1. The monoisotopic (exact) mass is 250 g/mol. The Hall–Kier alpha value is -1.42. The van der Waals surface area contributed by atoms with Crippen LogP contribution < -0.4 is 0 Å². The van der Waals surface area contributed by atoms with Crippen LogP contribution in [0.3, 0.4) is 0 Å². The third kappa shape index (κ3) is 3.03. The molecule has 0 fully saturated rings. The summed E-state index contributed by atoms with van der Waals surface area (Å²) in [6, 6.07) is 1.82. The van der Waals surface area contributed by atoms with E-state index in [0.29, 0.717) is 16.9 Å². The number of hydrogen-bond donors (Lipinski definition) is 0. The van der Waals surface area contributed by atoms with Crippen molar-refractivity contribution in [2.24, 2.45) is 13.0 Å². The highest BCUT2D eigenvalue weighted by Crippen LogP contribution is 2.18. The second-order valence-corrected chi connectivity index (χ2v) is 4.89. The molecule has 90 valence electrons. The van der Waals surface area contributed by atoms with E-state index in [9.17, 15) is 0 Å². The van der Waals surface area contributed by atoms with Crippen LogP contribution in [0, 0.1) is 5.92 Å². The smallest absolute Gasteiger partial charge is 0.164 e. The highest BCUT2D eigenvalue weighted by molar-refractivity contribution is 6.29. The van der Waals surface area contributed by atoms with Gasteiger partial charge in [0.2, 0.25) is 0 Å². The van der Waals surface area contributed by atoms with E-state index in [1.807, 2.05) is 19.3 Å². The van der Waals surface area contributed by atoms with Gasteiger partial charge in [-0.25, -0.2) is 9.97 Å². The first-order valence-electron chi connectivity index (χ1n) is 5.57. The summed E-state index contributed by atoms with van der Waals surface area (Å²) in [5, 5.41) is 4.59. The highest BCUT2D eigenvalue weighted by atomic mass is 35.5. The van der Waals surface area contributed by atoms with E-state index >= 15 is 0 Å². The summed E-state index contributed by atoms with van der Waals surface area (Å²) in [5.41, 5.74) is 1.86. The van der Waals surface area contributed by atoms with Crippen molar-refractivity contribution in [1.29, 1.82) is 0 Å². The molecule has 0 saturated heterocycles. The highest BCUT2D eigenvalue weighted by Gasteiger charge is 2.08. The van der Waals surface area contributed by atoms with Gasteiger partial charge in [0.05, 0.1) is 11.8 Å². The molecule has 0 radical (unpaired) electrons. The summed E-state index contributed by atoms with van der Waals surface area (Å²) < 4.78 is 1.72. The molecule has 2 rings (SSSR count). The van der Waals surface area contributed by atoms with Gasteiger partial charge >= 0.3 is 0 Å². The fraction of sp³-hybridized carbons (Fsp3) is 0.417. The number of hydrogen-bond acceptors (Lipinski definition) is 3. The van der Waals surface area contributed by atoms with Crippen molar-refractivity contribution >= 4 is 11.6 Å². The lowest BCUT2D eigenvalue weighted by Crippen LogP contribution is -2.00. The van der Waals surface area contributed by atoms with E-state index < -0.39 is 0 Å². The minimum atomic E-state index is 0.481. The van der Waals surface area contributed by atoms with Crippen LogP contribution in [0.15, 0.2) is 18.5 Å². The van der Waals surface area contributed by atoms with Gasteiger partial charge in [-0.3, -0.25) is 4.68 Å². The molecule has 5 heteroatoms. The van der Waals surface area contributed by atoms with Gasteiger partial charge < -0.3 is 0 Å². The lowest BCUT2D eigenvalue weighted by atomic mass is 10.1. The molecule has 0 aliphatic carbocycles. The predicted octanol–water partition coefficient (Wildman–Crippen LogP) is 2.73. The lowest BCUT2D eigenvalue weighted by molar-refractivity contribution is 0.634. The summed E-state index contributed by atoms with van der Waals surface area (Å²) in [5.74, 6) is 1.18. The van der Waals surface area contributed by atoms with Crippen LogP contribution in [0.2, 0.25) is 5.15 Å². The van der Waals surface area contributed by atoms with Crippen LogP contribution in [0.25, 0.3) is 11.4 Å². The second-order valence-electron chi connectivity index (χ2n) is 4.51. The number of aryl methyl sites for hydroxylation is 1. The molecule has 2 heterocycles. The van der Waals surface area contributed by atoms with Gasteiger partial charge in [-0.1, -0.05) is 25.4 Å². The third-order valence-electron chi connectivity index (χ3n) is 2.33. The molecule has 0 aliphatic heterocycles. The molecule has 0 spiro atoms. The number of nitrogens with zero attached hydrogens (tertiary/aromatic N) is 4. The van der Waals surface area contributed by atoms with Crippen LogP contribution >= 0.6 is 11.6 Å². The molecule has 0 aliphatic rings. The fourth-order valence-electron chi connectivity index (χ4n) is 1.65. The molecule has 0 N–H and O–H groups in total. The molecule has 2 aromatic heterocycles. The first kappa shape index (κ1) is 12.0. The number of rotatable bonds is 3. The van der Waals surface area contributed by atoms with E-state index in [1.54, 1.807) is 10.9 Å². The van der Waals surface area contributed by atoms with Crippen LogP contribution in [-0.4, -0.2) is 19.7 Å². The minimum Gasteiger partial charge on any atom is -0.275 e. The molecule has 0 saturated carbocycles. The van der Waals surface area contributed by atoms with Crippen molar-refractivity contribution in [3.05, 3.63) is 29.3 Å². The molecule has 0 atom stereocenters. The van der Waals surface area contributed by atoms with Crippen molar-refractivity contribution in [3.8, 4) is 11.4 Å². The van der Waals surface area contributed by atoms with Crippen LogP contribution in [-0.2, 0) is 13.5 Å². The predicted molar refractivity (Wildman–Crippen MR) is 67.8 cm³/mol. The molecule has 4 nitrogen and oxygen atoms in total. The van der Waals surface area contributed by atoms with Crippen LogP contribution in [0.5, 0.6) is 0 Å². The summed E-state index contributed by atoms with van der Waals surface area (Å²) in [6.45, 7) is 4.31. The maximum atomic E-state index is 6.01. The van der Waals surface area contributed by atoms with Crippen molar-refractivity contribution in [2.45, 2.75) is 20.3 Å². The van der Waals surface area contributed by atoms with Crippen molar-refractivity contribution in [1.82, 2.24) is 19.7 Å².